The minimum absolute atomic E-state index is 0.183. The number of ether oxygens (including phenoxy) is 4. The Morgan fingerprint density at radius 3 is 1.20 bits per heavy atom. The molecular formula is C62H116NO8+. The van der Waals surface area contributed by atoms with Crippen LogP contribution in [0.1, 0.15) is 284 Å². The maximum Gasteiger partial charge on any atom is 0.361 e. The monoisotopic (exact) mass is 1000 g/mol. The molecule has 9 heteroatoms. The molecule has 416 valence electrons. The zero-order valence-electron chi connectivity index (χ0n) is 47.4. The molecule has 0 fully saturated rings. The van der Waals surface area contributed by atoms with Crippen molar-refractivity contribution in [1.29, 1.82) is 0 Å². The van der Waals surface area contributed by atoms with Gasteiger partial charge in [0.05, 0.1) is 34.4 Å². The minimum Gasteiger partial charge on any atom is -0.477 e. The highest BCUT2D eigenvalue weighted by atomic mass is 16.7. The van der Waals surface area contributed by atoms with Crippen molar-refractivity contribution in [1.82, 2.24) is 0 Å². The molecule has 9 nitrogen and oxygen atoms in total. The number of quaternary nitrogens is 1. The fraction of sp³-hybridized carbons (Fsp3) is 0.855. The third kappa shape index (κ3) is 55.1. The molecule has 0 heterocycles. The van der Waals surface area contributed by atoms with Gasteiger partial charge in [-0.25, -0.2) is 4.79 Å². The smallest absolute Gasteiger partial charge is 0.361 e. The van der Waals surface area contributed by atoms with E-state index in [0.29, 0.717) is 23.9 Å². The first kappa shape index (κ1) is 68.5. The van der Waals surface area contributed by atoms with Gasteiger partial charge in [-0.1, -0.05) is 262 Å². The van der Waals surface area contributed by atoms with Crippen molar-refractivity contribution in [3.63, 3.8) is 0 Å². The first-order valence-electron chi connectivity index (χ1n) is 30.2. The molecule has 0 rings (SSSR count). The van der Waals surface area contributed by atoms with E-state index in [9.17, 15) is 19.5 Å². The number of carbonyl (C=O) groups excluding carboxylic acids is 2. The van der Waals surface area contributed by atoms with Crippen LogP contribution in [0.3, 0.4) is 0 Å². The summed E-state index contributed by atoms with van der Waals surface area (Å²) in [6.45, 7) is 4.80. The van der Waals surface area contributed by atoms with Gasteiger partial charge in [-0.05, 0) is 44.9 Å². The first-order chi connectivity index (χ1) is 34.6. The molecule has 0 saturated heterocycles. The quantitative estimate of drug-likeness (QED) is 0.0211. The van der Waals surface area contributed by atoms with Crippen LogP contribution >= 0.6 is 0 Å². The van der Waals surface area contributed by atoms with Crippen molar-refractivity contribution < 1.29 is 42.9 Å². The van der Waals surface area contributed by atoms with E-state index in [2.05, 4.69) is 50.3 Å². The predicted molar refractivity (Wildman–Crippen MR) is 300 cm³/mol. The number of nitrogens with zero attached hydrogens (tertiary/aromatic N) is 1. The first-order valence-corrected chi connectivity index (χ1v) is 30.2. The fourth-order valence-electron chi connectivity index (χ4n) is 8.80. The zero-order valence-corrected chi connectivity index (χ0v) is 47.4. The van der Waals surface area contributed by atoms with Gasteiger partial charge in [0.25, 0.3) is 6.29 Å². The van der Waals surface area contributed by atoms with Crippen LogP contribution in [0.5, 0.6) is 0 Å². The van der Waals surface area contributed by atoms with Crippen LogP contribution in [0.25, 0.3) is 0 Å². The second-order valence-electron chi connectivity index (χ2n) is 21.6. The van der Waals surface area contributed by atoms with Gasteiger partial charge in [-0.3, -0.25) is 9.59 Å². The highest BCUT2D eigenvalue weighted by Crippen LogP contribution is 2.18. The number of esters is 2. The number of likely N-dealkylation sites (N-methyl/N-ethyl adjacent to an activating group) is 1. The Labute approximate surface area is 439 Å². The summed E-state index contributed by atoms with van der Waals surface area (Å²) in [6, 6.07) is 0. The van der Waals surface area contributed by atoms with E-state index in [-0.39, 0.29) is 32.2 Å². The van der Waals surface area contributed by atoms with E-state index >= 15 is 0 Å². The molecule has 1 N–H and O–H groups in total. The van der Waals surface area contributed by atoms with E-state index in [1.54, 1.807) is 0 Å². The molecule has 0 bridgehead atoms. The van der Waals surface area contributed by atoms with Crippen LogP contribution < -0.4 is 0 Å². The lowest BCUT2D eigenvalue weighted by molar-refractivity contribution is -0.870. The Hall–Kier alpha value is -2.49. The molecule has 0 aromatic rings. The van der Waals surface area contributed by atoms with Gasteiger partial charge in [0.15, 0.2) is 6.10 Å². The standard InChI is InChI=1S/C62H115NO8/c1-6-8-10-12-14-16-18-20-22-24-25-26-27-28-29-30-31-32-33-34-35-37-38-40-42-44-46-48-50-52-59(64)69-56-58(57-70-62(61(66)67)68-55-54-63(3,4)5)71-60(65)53-51-49-47-45-43-41-39-36-23-21-19-17-15-13-11-9-7-2/h9,11,15,17,21,23,58,62H,6-8,10,12-14,16,18-20,22,24-57H2,1-5H3/p+1/b11-9-,17-15-,23-21-. The Morgan fingerprint density at radius 1 is 0.437 bits per heavy atom. The van der Waals surface area contributed by atoms with Gasteiger partial charge >= 0.3 is 17.9 Å². The lowest BCUT2D eigenvalue weighted by Gasteiger charge is -2.25. The molecule has 0 aromatic heterocycles. The number of carboxylic acids is 1. The lowest BCUT2D eigenvalue weighted by atomic mass is 10.0. The largest absolute Gasteiger partial charge is 0.477 e. The maximum atomic E-state index is 12.8. The number of allylic oxidation sites excluding steroid dienone is 6. The van der Waals surface area contributed by atoms with Gasteiger partial charge < -0.3 is 28.5 Å². The van der Waals surface area contributed by atoms with Crippen molar-refractivity contribution >= 4 is 17.9 Å². The Morgan fingerprint density at radius 2 is 0.803 bits per heavy atom. The van der Waals surface area contributed by atoms with E-state index in [1.165, 1.54) is 186 Å². The van der Waals surface area contributed by atoms with E-state index in [4.69, 9.17) is 18.9 Å². The topological polar surface area (TPSA) is 108 Å². The maximum absolute atomic E-state index is 12.8. The fourth-order valence-corrected chi connectivity index (χ4v) is 8.80. The van der Waals surface area contributed by atoms with Crippen molar-refractivity contribution in [2.75, 3.05) is 47.5 Å². The molecule has 2 atom stereocenters. The van der Waals surface area contributed by atoms with Crippen molar-refractivity contribution in [3.8, 4) is 0 Å². The molecule has 71 heavy (non-hydrogen) atoms. The highest BCUT2D eigenvalue weighted by molar-refractivity contribution is 5.71. The van der Waals surface area contributed by atoms with Crippen LogP contribution in [0.15, 0.2) is 36.5 Å². The molecule has 0 amide bonds. The molecule has 0 aliphatic heterocycles. The molecule has 2 unspecified atom stereocenters. The third-order valence-corrected chi connectivity index (χ3v) is 13.4. The second kappa shape index (κ2) is 53.8. The Kier molecular flexibility index (Phi) is 51.9. The Balaban J connectivity index is 4.11. The molecule has 0 aliphatic rings. The van der Waals surface area contributed by atoms with Crippen LogP contribution in [-0.4, -0.2) is 87.4 Å². The number of carboxylic acid groups (broad SMARTS) is 1. The minimum atomic E-state index is -1.51. The van der Waals surface area contributed by atoms with Crippen LogP contribution in [0.2, 0.25) is 0 Å². The van der Waals surface area contributed by atoms with E-state index < -0.39 is 24.3 Å². The molecule has 0 saturated carbocycles. The van der Waals surface area contributed by atoms with Crippen molar-refractivity contribution in [2.24, 2.45) is 0 Å². The van der Waals surface area contributed by atoms with Crippen LogP contribution in [0.4, 0.5) is 0 Å². The SMILES string of the molecule is CC/C=C\C/C=C\C/C=C\CCCCCCCCCC(=O)OC(COC(=O)CCCCCCCCCCCCCCCCCCCCCCCCCCCCCCC)COC(OCC[N+](C)(C)C)C(=O)O. The van der Waals surface area contributed by atoms with Gasteiger partial charge in [0, 0.05) is 12.8 Å². The highest BCUT2D eigenvalue weighted by Gasteiger charge is 2.25. The summed E-state index contributed by atoms with van der Waals surface area (Å²) in [7, 11) is 5.97. The summed E-state index contributed by atoms with van der Waals surface area (Å²) in [5.74, 6) is -2.00. The number of carbonyl (C=O) groups is 3. The van der Waals surface area contributed by atoms with Crippen molar-refractivity contribution in [3.05, 3.63) is 36.5 Å². The van der Waals surface area contributed by atoms with Crippen molar-refractivity contribution in [2.45, 2.75) is 296 Å². The molecule has 0 aliphatic carbocycles. The summed E-state index contributed by atoms with van der Waals surface area (Å²) in [6.07, 6.45) is 62.4. The summed E-state index contributed by atoms with van der Waals surface area (Å²) >= 11 is 0. The normalized spacial score (nSPS) is 13.0. The average Bonchev–Trinajstić information content (AvgIpc) is 3.34. The van der Waals surface area contributed by atoms with Crippen LogP contribution in [-0.2, 0) is 33.3 Å². The van der Waals surface area contributed by atoms with Crippen LogP contribution in [0, 0.1) is 0 Å². The predicted octanol–water partition coefficient (Wildman–Crippen LogP) is 17.7. The van der Waals surface area contributed by atoms with Gasteiger partial charge in [0.1, 0.15) is 13.2 Å². The number of hydrogen-bond donors (Lipinski definition) is 1. The summed E-state index contributed by atoms with van der Waals surface area (Å²) in [4.78, 5) is 37.4. The number of aliphatic carboxylic acids is 1. The summed E-state index contributed by atoms with van der Waals surface area (Å²) in [5, 5.41) is 9.70. The van der Waals surface area contributed by atoms with Gasteiger partial charge in [-0.15, -0.1) is 0 Å². The number of hydrogen-bond acceptors (Lipinski definition) is 7. The lowest BCUT2D eigenvalue weighted by Crippen LogP contribution is -2.40. The molecule has 0 spiro atoms. The van der Waals surface area contributed by atoms with E-state index in [1.807, 2.05) is 21.1 Å². The van der Waals surface area contributed by atoms with Gasteiger partial charge in [-0.2, -0.15) is 0 Å². The molecular weight excluding hydrogens is 887 g/mol. The third-order valence-electron chi connectivity index (χ3n) is 13.4. The van der Waals surface area contributed by atoms with E-state index in [0.717, 1.165) is 64.2 Å². The molecule has 0 aromatic carbocycles. The number of rotatable bonds is 56. The van der Waals surface area contributed by atoms with Gasteiger partial charge in [0.2, 0.25) is 0 Å². The summed E-state index contributed by atoms with van der Waals surface area (Å²) in [5.41, 5.74) is 0. The zero-order chi connectivity index (χ0) is 52.0. The average molecular weight is 1000 g/mol. The Bertz CT molecular complexity index is 1260. The molecule has 0 radical (unpaired) electrons. The second-order valence-corrected chi connectivity index (χ2v) is 21.6. The number of unbranched alkanes of at least 4 members (excludes halogenated alkanes) is 35. The summed E-state index contributed by atoms with van der Waals surface area (Å²) < 4.78 is 22.9.